The number of aliphatic hydroxyl groups is 1. The van der Waals surface area contributed by atoms with Gasteiger partial charge in [0.15, 0.2) is 0 Å². The van der Waals surface area contributed by atoms with Crippen molar-refractivity contribution in [3.05, 3.63) is 76.4 Å². The van der Waals surface area contributed by atoms with Gasteiger partial charge in [0.05, 0.1) is 23.5 Å². The molecule has 1 aromatic heterocycles. The molecule has 2 aromatic carbocycles. The van der Waals surface area contributed by atoms with Gasteiger partial charge in [-0.3, -0.25) is 9.59 Å². The molecule has 3 aromatic rings. The van der Waals surface area contributed by atoms with Crippen LogP contribution in [0.1, 0.15) is 40.7 Å². The number of fused-ring (bicyclic) bond motifs is 1. The third kappa shape index (κ3) is 6.09. The second kappa shape index (κ2) is 11.6. The number of carbonyl (C=O) groups is 2. The van der Waals surface area contributed by atoms with Gasteiger partial charge in [0, 0.05) is 31.3 Å². The van der Waals surface area contributed by atoms with Crippen molar-refractivity contribution in [3.8, 4) is 11.3 Å². The van der Waals surface area contributed by atoms with Crippen LogP contribution in [0.5, 0.6) is 0 Å². The van der Waals surface area contributed by atoms with Gasteiger partial charge in [-0.1, -0.05) is 61.0 Å². The summed E-state index contributed by atoms with van der Waals surface area (Å²) >= 11 is 6.16. The van der Waals surface area contributed by atoms with Gasteiger partial charge in [-0.25, -0.2) is 9.97 Å². The van der Waals surface area contributed by atoms with Gasteiger partial charge in [0.1, 0.15) is 0 Å². The Balaban J connectivity index is 0.000000248. The van der Waals surface area contributed by atoms with E-state index in [0.29, 0.717) is 40.3 Å². The van der Waals surface area contributed by atoms with Crippen LogP contribution in [0.15, 0.2) is 54.7 Å². The van der Waals surface area contributed by atoms with Gasteiger partial charge in [0.25, 0.3) is 5.91 Å². The zero-order valence-corrected chi connectivity index (χ0v) is 19.9. The summed E-state index contributed by atoms with van der Waals surface area (Å²) in [5, 5.41) is 11.9. The Hall–Kier alpha value is -3.49. The van der Waals surface area contributed by atoms with E-state index in [9.17, 15) is 9.59 Å². The van der Waals surface area contributed by atoms with Crippen molar-refractivity contribution in [3.63, 3.8) is 0 Å². The molecule has 178 valence electrons. The second-order valence-corrected chi connectivity index (χ2v) is 8.37. The lowest BCUT2D eigenvalue weighted by molar-refractivity contribution is -0.118. The topological polar surface area (TPSA) is 121 Å². The minimum Gasteiger partial charge on any atom is -0.396 e. The maximum Gasteiger partial charge on any atom is 0.254 e. The number of aromatic nitrogens is 2. The molecule has 0 bridgehead atoms. The molecule has 1 unspecified atom stereocenters. The number of anilines is 1. The van der Waals surface area contributed by atoms with Gasteiger partial charge in [0.2, 0.25) is 11.9 Å². The first kappa shape index (κ1) is 25.1. The molecule has 1 atom stereocenters. The number of aliphatic hydroxyl groups excluding tert-OH is 1. The zero-order chi connectivity index (χ0) is 24.7. The van der Waals surface area contributed by atoms with Gasteiger partial charge >= 0.3 is 0 Å². The quantitative estimate of drug-likeness (QED) is 0.475. The van der Waals surface area contributed by atoms with Gasteiger partial charge in [-0.05, 0) is 29.5 Å². The number of carbonyl (C=O) groups excluding carboxylic acids is 2. The van der Waals surface area contributed by atoms with Crippen LogP contribution in [0, 0.1) is 0 Å². The number of primary amides is 1. The molecule has 2 amide bonds. The molecule has 4 N–H and O–H groups in total. The Kier molecular flexibility index (Phi) is 8.56. The lowest BCUT2D eigenvalue weighted by atomic mass is 9.99. The average molecular weight is 482 g/mol. The summed E-state index contributed by atoms with van der Waals surface area (Å²) in [7, 11) is 1.71. The number of hydrogen-bond donors (Lipinski definition) is 3. The molecule has 0 saturated heterocycles. The number of amides is 2. The lowest BCUT2D eigenvalue weighted by Crippen LogP contribution is -2.33. The van der Waals surface area contributed by atoms with Crippen LogP contribution < -0.4 is 11.1 Å². The molecule has 0 fully saturated rings. The number of nitrogens with zero attached hydrogens (tertiary/aromatic N) is 3. The van der Waals surface area contributed by atoms with E-state index in [4.69, 9.17) is 22.4 Å². The molecule has 34 heavy (non-hydrogen) atoms. The third-order valence-corrected chi connectivity index (χ3v) is 5.78. The van der Waals surface area contributed by atoms with E-state index in [1.807, 2.05) is 30.3 Å². The molecule has 0 saturated carbocycles. The number of hydrogen-bond acceptors (Lipinski definition) is 6. The monoisotopic (exact) mass is 481 g/mol. The SMILES string of the molecule is CC(CCO)c1ccccc1.CNc1ncc(Cl)c(-c2ccc3c(c2)C(=O)N(CC(N)=O)C3)n1. The Morgan fingerprint density at radius 2 is 2.00 bits per heavy atom. The summed E-state index contributed by atoms with van der Waals surface area (Å²) in [5.41, 5.74) is 9.10. The molecule has 1 aliphatic heterocycles. The van der Waals surface area contributed by atoms with E-state index in [1.165, 1.54) is 16.7 Å². The van der Waals surface area contributed by atoms with Crippen LogP contribution in [0.2, 0.25) is 5.02 Å². The fourth-order valence-corrected chi connectivity index (χ4v) is 3.86. The first-order chi connectivity index (χ1) is 16.3. The minimum atomic E-state index is -0.538. The van der Waals surface area contributed by atoms with Crippen LogP contribution >= 0.6 is 11.6 Å². The third-order valence-electron chi connectivity index (χ3n) is 5.51. The van der Waals surface area contributed by atoms with E-state index < -0.39 is 5.91 Å². The van der Waals surface area contributed by atoms with Crippen LogP contribution in [0.25, 0.3) is 11.3 Å². The number of nitrogens with one attached hydrogen (secondary N) is 1. The molecule has 0 radical (unpaired) electrons. The molecular formula is C25H28ClN5O3. The smallest absolute Gasteiger partial charge is 0.254 e. The highest BCUT2D eigenvalue weighted by molar-refractivity contribution is 6.33. The standard InChI is InChI=1S/C15H14ClN5O2.C10H14O/c1-18-15-19-5-11(16)13(20-15)8-2-3-9-6-21(7-12(17)22)14(23)10(9)4-8;1-9(7-8-11)10-5-3-2-4-6-10/h2-5H,6-7H2,1H3,(H2,17,22)(H,18,19,20);2-6,9,11H,7-8H2,1H3. The van der Waals surface area contributed by atoms with Crippen molar-refractivity contribution >= 4 is 29.4 Å². The first-order valence-electron chi connectivity index (χ1n) is 10.9. The highest BCUT2D eigenvalue weighted by atomic mass is 35.5. The van der Waals surface area contributed by atoms with E-state index in [2.05, 4.69) is 34.3 Å². The summed E-state index contributed by atoms with van der Waals surface area (Å²) in [5.74, 6) is 0.149. The molecule has 0 spiro atoms. The maximum absolute atomic E-state index is 12.4. The zero-order valence-electron chi connectivity index (χ0n) is 19.2. The number of nitrogens with two attached hydrogens (primary N) is 1. The Morgan fingerprint density at radius 3 is 2.65 bits per heavy atom. The normalized spacial score (nSPS) is 13.1. The van der Waals surface area contributed by atoms with E-state index in [0.717, 1.165) is 12.0 Å². The number of benzene rings is 2. The van der Waals surface area contributed by atoms with Gasteiger partial charge < -0.3 is 21.1 Å². The Bertz CT molecular complexity index is 1160. The fourth-order valence-electron chi connectivity index (χ4n) is 3.66. The van der Waals surface area contributed by atoms with Crippen LogP contribution in [0.3, 0.4) is 0 Å². The van der Waals surface area contributed by atoms with E-state index in [1.54, 1.807) is 13.1 Å². The molecule has 0 aliphatic carbocycles. The fraction of sp³-hybridized carbons (Fsp3) is 0.280. The highest BCUT2D eigenvalue weighted by Gasteiger charge is 2.28. The largest absolute Gasteiger partial charge is 0.396 e. The van der Waals surface area contributed by atoms with Crippen LogP contribution in [-0.2, 0) is 11.3 Å². The van der Waals surface area contributed by atoms with Crippen LogP contribution in [0.4, 0.5) is 5.95 Å². The summed E-state index contributed by atoms with van der Waals surface area (Å²) in [6.45, 7) is 2.68. The van der Waals surface area contributed by atoms with E-state index >= 15 is 0 Å². The molecular weight excluding hydrogens is 454 g/mol. The van der Waals surface area contributed by atoms with Crippen LogP contribution in [-0.4, -0.2) is 52.0 Å². The first-order valence-corrected chi connectivity index (χ1v) is 11.3. The lowest BCUT2D eigenvalue weighted by Gasteiger charge is -2.12. The highest BCUT2D eigenvalue weighted by Crippen LogP contribution is 2.31. The molecule has 1 aliphatic rings. The molecule has 2 heterocycles. The van der Waals surface area contributed by atoms with Crippen molar-refractivity contribution in [2.45, 2.75) is 25.8 Å². The summed E-state index contributed by atoms with van der Waals surface area (Å²) in [4.78, 5) is 33.2. The average Bonchev–Trinajstić information content (AvgIpc) is 3.14. The number of rotatable bonds is 7. The predicted molar refractivity (Wildman–Crippen MR) is 133 cm³/mol. The van der Waals surface area contributed by atoms with E-state index in [-0.39, 0.29) is 19.1 Å². The van der Waals surface area contributed by atoms with Crippen molar-refractivity contribution in [2.24, 2.45) is 5.73 Å². The minimum absolute atomic E-state index is 0.0962. The second-order valence-electron chi connectivity index (χ2n) is 7.96. The molecule has 9 heteroatoms. The Morgan fingerprint density at radius 1 is 1.26 bits per heavy atom. The summed E-state index contributed by atoms with van der Waals surface area (Å²) in [6, 6.07) is 15.7. The van der Waals surface area contributed by atoms with Crippen molar-refractivity contribution in [1.29, 1.82) is 0 Å². The summed E-state index contributed by atoms with van der Waals surface area (Å²) in [6.07, 6.45) is 2.36. The number of halogens is 1. The van der Waals surface area contributed by atoms with Gasteiger partial charge in [-0.15, -0.1) is 0 Å². The van der Waals surface area contributed by atoms with Crippen molar-refractivity contribution < 1.29 is 14.7 Å². The maximum atomic E-state index is 12.4. The Labute approximate surface area is 203 Å². The molecule has 8 nitrogen and oxygen atoms in total. The van der Waals surface area contributed by atoms with Gasteiger partial charge in [-0.2, -0.15) is 0 Å². The molecule has 4 rings (SSSR count). The van der Waals surface area contributed by atoms with Crippen molar-refractivity contribution in [2.75, 3.05) is 25.5 Å². The predicted octanol–water partition coefficient (Wildman–Crippen LogP) is 3.45. The van der Waals surface area contributed by atoms with Crippen molar-refractivity contribution in [1.82, 2.24) is 14.9 Å². The summed E-state index contributed by atoms with van der Waals surface area (Å²) < 4.78 is 0.